The quantitative estimate of drug-likeness (QED) is 0.397. The molecule has 3 aromatic rings. The smallest absolute Gasteiger partial charge is 0.252 e. The van der Waals surface area contributed by atoms with Gasteiger partial charge in [0.25, 0.3) is 5.91 Å². The van der Waals surface area contributed by atoms with Crippen molar-refractivity contribution in [3.05, 3.63) is 71.3 Å². The zero-order chi connectivity index (χ0) is 21.5. The van der Waals surface area contributed by atoms with Crippen molar-refractivity contribution in [2.75, 3.05) is 5.32 Å². The molecule has 1 aromatic heterocycles. The van der Waals surface area contributed by atoms with Crippen molar-refractivity contribution < 1.29 is 9.59 Å². The Morgan fingerprint density at radius 2 is 1.73 bits per heavy atom. The van der Waals surface area contributed by atoms with Crippen LogP contribution in [0.4, 0.5) is 5.13 Å². The third kappa shape index (κ3) is 5.90. The Kier molecular flexibility index (Phi) is 7.59. The Bertz CT molecular complexity index is 1010. The molecule has 1 heterocycles. The molecule has 0 saturated heterocycles. The first-order valence-electron chi connectivity index (χ1n) is 9.61. The van der Waals surface area contributed by atoms with E-state index in [9.17, 15) is 9.59 Å². The second-order valence-corrected chi connectivity index (χ2v) is 9.35. The van der Waals surface area contributed by atoms with Gasteiger partial charge in [0, 0.05) is 11.3 Å². The second kappa shape index (κ2) is 10.4. The van der Waals surface area contributed by atoms with Gasteiger partial charge in [-0.3, -0.25) is 14.9 Å². The minimum atomic E-state index is -0.679. The van der Waals surface area contributed by atoms with E-state index >= 15 is 0 Å². The summed E-state index contributed by atoms with van der Waals surface area (Å²) in [6.07, 6.45) is 0. The van der Waals surface area contributed by atoms with Crippen molar-refractivity contribution >= 4 is 40.0 Å². The zero-order valence-corrected chi connectivity index (χ0v) is 18.7. The Morgan fingerprint density at radius 1 is 1.03 bits per heavy atom. The van der Waals surface area contributed by atoms with E-state index in [1.807, 2.05) is 57.2 Å². The number of benzene rings is 2. The SMILES string of the molecule is Cc1ccccc1C(=O)NC(C(=O)Nc1nnc(SCc2ccccc2)s1)C(C)C. The summed E-state index contributed by atoms with van der Waals surface area (Å²) in [6, 6.07) is 16.7. The summed E-state index contributed by atoms with van der Waals surface area (Å²) in [5, 5.41) is 14.3. The van der Waals surface area contributed by atoms with Crippen LogP contribution in [-0.4, -0.2) is 28.1 Å². The number of carbonyl (C=O) groups excluding carboxylic acids is 2. The largest absolute Gasteiger partial charge is 0.340 e. The van der Waals surface area contributed by atoms with Gasteiger partial charge in [0.15, 0.2) is 4.34 Å². The maximum Gasteiger partial charge on any atom is 0.252 e. The lowest BCUT2D eigenvalue weighted by molar-refractivity contribution is -0.118. The lowest BCUT2D eigenvalue weighted by Crippen LogP contribution is -2.47. The third-order valence-electron chi connectivity index (χ3n) is 4.47. The van der Waals surface area contributed by atoms with Crippen molar-refractivity contribution in [3.8, 4) is 0 Å². The van der Waals surface area contributed by atoms with Gasteiger partial charge in [-0.05, 0) is 30.0 Å². The first kappa shape index (κ1) is 22.0. The number of aryl methyl sites for hydroxylation is 1. The van der Waals surface area contributed by atoms with Crippen LogP contribution in [0.3, 0.4) is 0 Å². The van der Waals surface area contributed by atoms with Gasteiger partial charge < -0.3 is 5.32 Å². The van der Waals surface area contributed by atoms with Crippen molar-refractivity contribution in [3.63, 3.8) is 0 Å². The number of thioether (sulfide) groups is 1. The van der Waals surface area contributed by atoms with E-state index in [-0.39, 0.29) is 17.7 Å². The molecular formula is C22H24N4O2S2. The van der Waals surface area contributed by atoms with Gasteiger partial charge in [-0.2, -0.15) is 0 Å². The topological polar surface area (TPSA) is 84.0 Å². The number of anilines is 1. The van der Waals surface area contributed by atoms with Gasteiger partial charge in [-0.25, -0.2) is 0 Å². The van der Waals surface area contributed by atoms with E-state index in [2.05, 4.69) is 33.0 Å². The molecule has 1 unspecified atom stereocenters. The molecule has 6 nitrogen and oxygen atoms in total. The predicted octanol–water partition coefficient (Wildman–Crippen LogP) is 4.53. The summed E-state index contributed by atoms with van der Waals surface area (Å²) in [5.41, 5.74) is 2.62. The lowest BCUT2D eigenvalue weighted by atomic mass is 10.0. The fourth-order valence-electron chi connectivity index (χ4n) is 2.80. The highest BCUT2D eigenvalue weighted by molar-refractivity contribution is 8.00. The minimum Gasteiger partial charge on any atom is -0.340 e. The molecule has 30 heavy (non-hydrogen) atoms. The Morgan fingerprint density at radius 3 is 2.43 bits per heavy atom. The zero-order valence-electron chi connectivity index (χ0n) is 17.1. The number of carbonyl (C=O) groups is 2. The second-order valence-electron chi connectivity index (χ2n) is 7.15. The highest BCUT2D eigenvalue weighted by Crippen LogP contribution is 2.28. The Balaban J connectivity index is 1.60. The van der Waals surface area contributed by atoms with Gasteiger partial charge in [0.1, 0.15) is 6.04 Å². The van der Waals surface area contributed by atoms with E-state index in [1.54, 1.807) is 17.8 Å². The number of hydrogen-bond acceptors (Lipinski definition) is 6. The molecule has 156 valence electrons. The maximum absolute atomic E-state index is 12.8. The standard InChI is InChI=1S/C22H24N4O2S2/c1-14(2)18(23-19(27)17-12-8-7-9-15(17)3)20(28)24-21-25-26-22(30-21)29-13-16-10-5-4-6-11-16/h4-12,14,18H,13H2,1-3H3,(H,23,27)(H,24,25,28). The van der Waals surface area contributed by atoms with Crippen LogP contribution in [0, 0.1) is 12.8 Å². The average Bonchev–Trinajstić information content (AvgIpc) is 3.18. The van der Waals surface area contributed by atoms with Crippen LogP contribution in [0.5, 0.6) is 0 Å². The molecular weight excluding hydrogens is 416 g/mol. The number of nitrogens with one attached hydrogen (secondary N) is 2. The summed E-state index contributed by atoms with van der Waals surface area (Å²) < 4.78 is 0.777. The van der Waals surface area contributed by atoms with Crippen molar-refractivity contribution in [2.24, 2.45) is 5.92 Å². The van der Waals surface area contributed by atoms with Crippen molar-refractivity contribution in [1.29, 1.82) is 0 Å². The lowest BCUT2D eigenvalue weighted by Gasteiger charge is -2.21. The highest BCUT2D eigenvalue weighted by atomic mass is 32.2. The van der Waals surface area contributed by atoms with Crippen LogP contribution in [-0.2, 0) is 10.5 Å². The molecule has 2 aromatic carbocycles. The summed E-state index contributed by atoms with van der Waals surface area (Å²) in [6.45, 7) is 5.66. The van der Waals surface area contributed by atoms with Crippen LogP contribution < -0.4 is 10.6 Å². The molecule has 0 fully saturated rings. The van der Waals surface area contributed by atoms with Gasteiger partial charge in [-0.1, -0.05) is 85.5 Å². The number of amides is 2. The third-order valence-corrected chi connectivity index (χ3v) is 6.51. The van der Waals surface area contributed by atoms with Gasteiger partial charge in [0.2, 0.25) is 11.0 Å². The fourth-order valence-corrected chi connectivity index (χ4v) is 4.51. The molecule has 0 saturated carbocycles. The number of hydrogen-bond donors (Lipinski definition) is 2. The average molecular weight is 441 g/mol. The molecule has 1 atom stereocenters. The highest BCUT2D eigenvalue weighted by Gasteiger charge is 2.26. The molecule has 0 bridgehead atoms. The molecule has 3 rings (SSSR count). The van der Waals surface area contributed by atoms with Gasteiger partial charge in [-0.15, -0.1) is 10.2 Å². The van der Waals surface area contributed by atoms with Crippen molar-refractivity contribution in [1.82, 2.24) is 15.5 Å². The van der Waals surface area contributed by atoms with E-state index in [4.69, 9.17) is 0 Å². The molecule has 8 heteroatoms. The number of aromatic nitrogens is 2. The molecule has 2 amide bonds. The van der Waals surface area contributed by atoms with Gasteiger partial charge in [0.05, 0.1) is 0 Å². The van der Waals surface area contributed by atoms with E-state index < -0.39 is 6.04 Å². The summed E-state index contributed by atoms with van der Waals surface area (Å²) >= 11 is 2.89. The summed E-state index contributed by atoms with van der Waals surface area (Å²) in [7, 11) is 0. The van der Waals surface area contributed by atoms with E-state index in [1.165, 1.54) is 16.9 Å². The summed E-state index contributed by atoms with van der Waals surface area (Å²) in [5.74, 6) is 0.128. The molecule has 0 spiro atoms. The van der Waals surface area contributed by atoms with Crippen LogP contribution in [0.25, 0.3) is 0 Å². The molecule has 0 aliphatic rings. The van der Waals surface area contributed by atoms with Crippen LogP contribution in [0.15, 0.2) is 58.9 Å². The summed E-state index contributed by atoms with van der Waals surface area (Å²) in [4.78, 5) is 25.4. The number of nitrogens with zero attached hydrogens (tertiary/aromatic N) is 2. The molecule has 0 radical (unpaired) electrons. The number of rotatable bonds is 8. The fraction of sp³-hybridized carbons (Fsp3) is 0.273. The predicted molar refractivity (Wildman–Crippen MR) is 122 cm³/mol. The van der Waals surface area contributed by atoms with Crippen LogP contribution >= 0.6 is 23.1 Å². The monoisotopic (exact) mass is 440 g/mol. The van der Waals surface area contributed by atoms with Crippen molar-refractivity contribution in [2.45, 2.75) is 36.9 Å². The Labute approximate surface area is 184 Å². The Hall–Kier alpha value is -2.71. The van der Waals surface area contributed by atoms with Crippen LogP contribution in [0.2, 0.25) is 0 Å². The minimum absolute atomic E-state index is 0.0854. The first-order valence-corrected chi connectivity index (χ1v) is 11.4. The molecule has 2 N–H and O–H groups in total. The normalized spacial score (nSPS) is 11.9. The maximum atomic E-state index is 12.8. The molecule has 0 aliphatic heterocycles. The first-order chi connectivity index (χ1) is 14.4. The van der Waals surface area contributed by atoms with Gasteiger partial charge >= 0.3 is 0 Å². The van der Waals surface area contributed by atoms with Crippen LogP contribution in [0.1, 0.15) is 35.3 Å². The van der Waals surface area contributed by atoms with E-state index in [0.29, 0.717) is 10.7 Å². The molecule has 0 aliphatic carbocycles. The van der Waals surface area contributed by atoms with E-state index in [0.717, 1.165) is 15.7 Å².